The normalized spacial score (nSPS) is 12.8. The van der Waals surface area contributed by atoms with Gasteiger partial charge in [0.25, 0.3) is 0 Å². The molecule has 0 saturated heterocycles. The Bertz CT molecular complexity index is 709. The average molecular weight is 263 g/mol. The largest absolute Gasteiger partial charge is 0.314 e. The van der Waals surface area contributed by atoms with Crippen LogP contribution in [-0.4, -0.2) is 4.57 Å². The molecular weight excluding hydrogens is 242 g/mol. The first-order valence-electron chi connectivity index (χ1n) is 6.93. The smallest absolute Gasteiger partial charge is 0.0537 e. The fourth-order valence-corrected chi connectivity index (χ4v) is 2.57. The third-order valence-corrected chi connectivity index (χ3v) is 3.45. The minimum absolute atomic E-state index is 1.19. The molecule has 1 aromatic carbocycles. The Labute approximate surface area is 121 Å². The highest BCUT2D eigenvalue weighted by Gasteiger charge is 2.12. The number of allylic oxidation sites excluding steroid dienone is 6. The number of nitrogens with zero attached hydrogens (tertiary/aromatic N) is 1. The van der Waals surface area contributed by atoms with E-state index in [1.807, 2.05) is 19.1 Å². The van der Waals surface area contributed by atoms with Gasteiger partial charge in [0.15, 0.2) is 0 Å². The summed E-state index contributed by atoms with van der Waals surface area (Å²) in [6.07, 6.45) is 12.3. The molecule has 0 aliphatic heterocycles. The lowest BCUT2D eigenvalue weighted by Crippen LogP contribution is -1.97. The summed E-state index contributed by atoms with van der Waals surface area (Å²) in [7, 11) is 0. The Hall–Kier alpha value is -2.28. The van der Waals surface area contributed by atoms with Crippen molar-refractivity contribution in [2.75, 3.05) is 0 Å². The first-order valence-corrected chi connectivity index (χ1v) is 6.93. The first kappa shape index (κ1) is 14.1. The van der Waals surface area contributed by atoms with Gasteiger partial charge in [-0.3, -0.25) is 0 Å². The molecule has 0 fully saturated rings. The zero-order valence-electron chi connectivity index (χ0n) is 12.4. The highest BCUT2D eigenvalue weighted by Crippen LogP contribution is 2.30. The van der Waals surface area contributed by atoms with Crippen molar-refractivity contribution in [3.8, 4) is 0 Å². The van der Waals surface area contributed by atoms with Crippen LogP contribution < -0.4 is 0 Å². The summed E-state index contributed by atoms with van der Waals surface area (Å²) in [6.45, 7) is 10.0. The Morgan fingerprint density at radius 3 is 2.60 bits per heavy atom. The van der Waals surface area contributed by atoms with E-state index in [2.05, 4.69) is 73.6 Å². The topological polar surface area (TPSA) is 4.93 Å². The number of hydrogen-bond acceptors (Lipinski definition) is 0. The van der Waals surface area contributed by atoms with Gasteiger partial charge in [0.2, 0.25) is 0 Å². The second-order valence-corrected chi connectivity index (χ2v) is 4.66. The van der Waals surface area contributed by atoms with Crippen molar-refractivity contribution >= 4 is 22.7 Å². The molecular formula is C19H21N. The maximum absolute atomic E-state index is 3.76. The molecule has 0 unspecified atom stereocenters. The summed E-state index contributed by atoms with van der Waals surface area (Å²) >= 11 is 0. The van der Waals surface area contributed by atoms with Crippen molar-refractivity contribution in [3.05, 3.63) is 72.5 Å². The van der Waals surface area contributed by atoms with Crippen molar-refractivity contribution in [3.63, 3.8) is 0 Å². The van der Waals surface area contributed by atoms with Crippen LogP contribution in [0.3, 0.4) is 0 Å². The van der Waals surface area contributed by atoms with E-state index in [0.717, 1.165) is 0 Å². The summed E-state index contributed by atoms with van der Waals surface area (Å²) < 4.78 is 2.30. The van der Waals surface area contributed by atoms with Gasteiger partial charge in [-0.15, -0.1) is 0 Å². The molecule has 1 heteroatoms. The molecule has 1 nitrogen and oxygen atoms in total. The number of hydrogen-bond donors (Lipinski definition) is 0. The SMILES string of the molecule is C=CC=Cc1c(C)n(C(C=CC)=CC)c2ccccc12. The van der Waals surface area contributed by atoms with E-state index in [4.69, 9.17) is 0 Å². The van der Waals surface area contributed by atoms with E-state index >= 15 is 0 Å². The molecule has 2 aromatic rings. The van der Waals surface area contributed by atoms with Crippen LogP contribution in [-0.2, 0) is 0 Å². The molecule has 0 bridgehead atoms. The van der Waals surface area contributed by atoms with Gasteiger partial charge in [0.05, 0.1) is 5.52 Å². The van der Waals surface area contributed by atoms with Crippen LogP contribution in [0.25, 0.3) is 22.7 Å². The number of para-hydroxylation sites is 1. The quantitative estimate of drug-likeness (QED) is 0.634. The molecule has 0 aliphatic carbocycles. The molecule has 0 radical (unpaired) electrons. The highest BCUT2D eigenvalue weighted by molar-refractivity contribution is 5.94. The van der Waals surface area contributed by atoms with Gasteiger partial charge in [-0.2, -0.15) is 0 Å². The summed E-state index contributed by atoms with van der Waals surface area (Å²) in [5, 5.41) is 1.27. The highest BCUT2D eigenvalue weighted by atomic mass is 15.0. The molecule has 0 aliphatic rings. The van der Waals surface area contributed by atoms with Crippen molar-refractivity contribution in [1.82, 2.24) is 4.57 Å². The van der Waals surface area contributed by atoms with Gasteiger partial charge in [0.1, 0.15) is 0 Å². The fraction of sp³-hybridized carbons (Fsp3) is 0.158. The monoisotopic (exact) mass is 263 g/mol. The zero-order valence-corrected chi connectivity index (χ0v) is 12.4. The zero-order chi connectivity index (χ0) is 14.5. The van der Waals surface area contributed by atoms with Crippen LogP contribution in [0.2, 0.25) is 0 Å². The minimum atomic E-state index is 1.19. The number of aromatic nitrogens is 1. The lowest BCUT2D eigenvalue weighted by Gasteiger charge is -2.09. The Morgan fingerprint density at radius 2 is 1.95 bits per heavy atom. The molecule has 2 rings (SSSR count). The third kappa shape index (κ3) is 2.39. The second kappa shape index (κ2) is 6.25. The van der Waals surface area contributed by atoms with E-state index in [0.29, 0.717) is 0 Å². The number of rotatable bonds is 4. The van der Waals surface area contributed by atoms with Gasteiger partial charge < -0.3 is 4.57 Å². The van der Waals surface area contributed by atoms with Crippen molar-refractivity contribution in [1.29, 1.82) is 0 Å². The van der Waals surface area contributed by atoms with Gasteiger partial charge >= 0.3 is 0 Å². The Kier molecular flexibility index (Phi) is 4.41. The maximum Gasteiger partial charge on any atom is 0.0537 e. The predicted molar refractivity (Wildman–Crippen MR) is 90.7 cm³/mol. The number of fused-ring (bicyclic) bond motifs is 1. The molecule has 1 heterocycles. The lowest BCUT2D eigenvalue weighted by atomic mass is 10.1. The van der Waals surface area contributed by atoms with Crippen LogP contribution in [0, 0.1) is 6.92 Å². The lowest BCUT2D eigenvalue weighted by molar-refractivity contribution is 1.09. The molecule has 0 atom stereocenters. The van der Waals surface area contributed by atoms with Crippen LogP contribution in [0.4, 0.5) is 0 Å². The number of benzene rings is 1. The van der Waals surface area contributed by atoms with Gasteiger partial charge in [-0.05, 0) is 32.9 Å². The summed E-state index contributed by atoms with van der Waals surface area (Å²) in [5.41, 5.74) is 4.93. The Balaban J connectivity index is 2.81. The van der Waals surface area contributed by atoms with Crippen molar-refractivity contribution in [2.24, 2.45) is 0 Å². The molecule has 0 amide bonds. The van der Waals surface area contributed by atoms with Crippen molar-refractivity contribution < 1.29 is 0 Å². The standard InChI is InChI=1S/C19H21N/c1-5-8-12-17-15(4)20(16(7-3)11-6-2)19-14-10-9-13-18(17)19/h5-14H,1H2,2-4H3. The molecule has 1 aromatic heterocycles. The molecule has 102 valence electrons. The molecule has 0 N–H and O–H groups in total. The maximum atomic E-state index is 3.76. The van der Waals surface area contributed by atoms with Crippen LogP contribution in [0.1, 0.15) is 25.1 Å². The van der Waals surface area contributed by atoms with E-state index < -0.39 is 0 Å². The summed E-state index contributed by atoms with van der Waals surface area (Å²) in [4.78, 5) is 0. The van der Waals surface area contributed by atoms with Crippen LogP contribution in [0.5, 0.6) is 0 Å². The minimum Gasteiger partial charge on any atom is -0.314 e. The summed E-state index contributed by atoms with van der Waals surface area (Å²) in [5.74, 6) is 0. The fourth-order valence-electron chi connectivity index (χ4n) is 2.57. The predicted octanol–water partition coefficient (Wildman–Crippen LogP) is 5.59. The van der Waals surface area contributed by atoms with E-state index in [-0.39, 0.29) is 0 Å². The van der Waals surface area contributed by atoms with Crippen LogP contribution in [0.15, 0.2) is 61.2 Å². The third-order valence-electron chi connectivity index (χ3n) is 3.45. The molecule has 20 heavy (non-hydrogen) atoms. The van der Waals surface area contributed by atoms with Gasteiger partial charge in [-0.1, -0.05) is 55.2 Å². The van der Waals surface area contributed by atoms with E-state index in [1.54, 1.807) is 0 Å². The first-order chi connectivity index (χ1) is 9.74. The van der Waals surface area contributed by atoms with E-state index in [9.17, 15) is 0 Å². The second-order valence-electron chi connectivity index (χ2n) is 4.66. The van der Waals surface area contributed by atoms with E-state index in [1.165, 1.54) is 27.9 Å². The van der Waals surface area contributed by atoms with Gasteiger partial charge in [-0.25, -0.2) is 0 Å². The molecule has 0 spiro atoms. The Morgan fingerprint density at radius 1 is 1.20 bits per heavy atom. The van der Waals surface area contributed by atoms with Gasteiger partial charge in [0, 0.05) is 22.3 Å². The van der Waals surface area contributed by atoms with Crippen LogP contribution >= 0.6 is 0 Å². The summed E-state index contributed by atoms with van der Waals surface area (Å²) in [6, 6.07) is 8.51. The molecule has 0 saturated carbocycles. The van der Waals surface area contributed by atoms with Crippen molar-refractivity contribution in [2.45, 2.75) is 20.8 Å². The average Bonchev–Trinajstić information content (AvgIpc) is 2.75.